The maximum atomic E-state index is 12.1. The van der Waals surface area contributed by atoms with E-state index in [2.05, 4.69) is 16.8 Å². The van der Waals surface area contributed by atoms with E-state index < -0.39 is 26.5 Å². The van der Waals surface area contributed by atoms with Crippen molar-refractivity contribution < 1.29 is 102 Å². The predicted molar refractivity (Wildman–Crippen MR) is 129 cm³/mol. The number of hydrogen-bond donors (Lipinski definition) is 1. The van der Waals surface area contributed by atoms with Gasteiger partial charge in [0.05, 0.1) is 21.0 Å². The zero-order valence-electron chi connectivity index (χ0n) is 23.6. The van der Waals surface area contributed by atoms with E-state index in [1.807, 2.05) is 0 Å². The molecule has 0 rings (SSSR count). The fourth-order valence-corrected chi connectivity index (χ4v) is 3.71. The van der Waals surface area contributed by atoms with Crippen molar-refractivity contribution in [2.24, 2.45) is 0 Å². The van der Waals surface area contributed by atoms with Gasteiger partial charge >= 0.3 is 65.1 Å². The molecule has 0 heterocycles. The molecule has 1 N–H and O–H groups in total. The summed E-state index contributed by atoms with van der Waals surface area (Å²) in [6.45, 7) is 4.17. The molecule has 13 heteroatoms. The minimum Gasteiger partial charge on any atom is -0.790 e. The van der Waals surface area contributed by atoms with Crippen molar-refractivity contribution in [3.05, 3.63) is 0 Å². The third-order valence-electron chi connectivity index (χ3n) is 5.26. The Morgan fingerprint density at radius 3 is 1.97 bits per heavy atom. The number of esters is 1. The second-order valence-corrected chi connectivity index (χ2v) is 9.88. The third kappa shape index (κ3) is 34.9. The molecule has 0 radical (unpaired) electrons. The molecule has 0 unspecified atom stereocenters. The topological polar surface area (TPSA) is 146 Å². The zero-order valence-corrected chi connectivity index (χ0v) is 28.5. The van der Waals surface area contributed by atoms with E-state index in [0.29, 0.717) is 13.0 Å². The molecule has 0 aromatic heterocycles. The van der Waals surface area contributed by atoms with Crippen LogP contribution in [0.1, 0.15) is 104 Å². The van der Waals surface area contributed by atoms with Crippen LogP contribution in [0, 0.1) is 0 Å². The minimum absolute atomic E-state index is 0. The molecule has 0 saturated heterocycles. The Bertz CT molecular complexity index is 582. The van der Waals surface area contributed by atoms with E-state index in [4.69, 9.17) is 14.2 Å². The summed E-state index contributed by atoms with van der Waals surface area (Å²) in [4.78, 5) is 44.4. The summed E-state index contributed by atoms with van der Waals surface area (Å²) < 4.78 is 31.0. The van der Waals surface area contributed by atoms with Gasteiger partial charge in [-0.05, 0) is 19.3 Å². The van der Waals surface area contributed by atoms with Gasteiger partial charge in [0.15, 0.2) is 0 Å². The van der Waals surface area contributed by atoms with Crippen molar-refractivity contribution in [2.75, 3.05) is 33.2 Å². The molecule has 0 fully saturated rings. The Kier molecular flexibility index (Phi) is 34.3. The molecule has 0 aromatic carbocycles. The Labute approximate surface area is 267 Å². The SMILES string of the molecule is CCCCCCCCCC(=O)O[C@H](COCOCCCCCCCCNC(C)=O)COP(=O)([O-])[O-].[Na+].[Na+]. The van der Waals surface area contributed by atoms with Gasteiger partial charge in [-0.1, -0.05) is 71.1 Å². The molecule has 1 amide bonds. The molecule has 0 aliphatic heterocycles. The number of carbonyl (C=O) groups excluding carboxylic acids is 2. The van der Waals surface area contributed by atoms with Crippen LogP contribution in [-0.4, -0.2) is 51.1 Å². The molecule has 0 aromatic rings. The number of rotatable bonds is 25. The molecule has 0 bridgehead atoms. The monoisotopic (exact) mass is 569 g/mol. The number of nitrogens with one attached hydrogen (secondary N) is 1. The van der Waals surface area contributed by atoms with Gasteiger partial charge in [-0.25, -0.2) is 0 Å². The first-order valence-electron chi connectivity index (χ1n) is 13.0. The fourth-order valence-electron chi connectivity index (χ4n) is 3.36. The molecule has 208 valence electrons. The van der Waals surface area contributed by atoms with Crippen molar-refractivity contribution in [3.8, 4) is 0 Å². The van der Waals surface area contributed by atoms with Crippen LogP contribution >= 0.6 is 7.82 Å². The van der Waals surface area contributed by atoms with Crippen LogP contribution in [0.15, 0.2) is 0 Å². The summed E-state index contributed by atoms with van der Waals surface area (Å²) in [5, 5.41) is 2.78. The van der Waals surface area contributed by atoms with Gasteiger partial charge in [0.2, 0.25) is 5.91 Å². The first kappa shape index (κ1) is 42.4. The maximum Gasteiger partial charge on any atom is 1.00 e. The number of hydrogen-bond acceptors (Lipinski definition) is 9. The van der Waals surface area contributed by atoms with Gasteiger partial charge in [0.1, 0.15) is 12.9 Å². The number of amides is 1. The molecule has 1 atom stereocenters. The molecule has 0 spiro atoms. The Morgan fingerprint density at radius 1 is 0.811 bits per heavy atom. The molecule has 0 aliphatic carbocycles. The van der Waals surface area contributed by atoms with Gasteiger partial charge in [-0.3, -0.25) is 9.59 Å². The van der Waals surface area contributed by atoms with Crippen molar-refractivity contribution in [2.45, 2.75) is 110 Å². The predicted octanol–water partition coefficient (Wildman–Crippen LogP) is -2.64. The second kappa shape index (κ2) is 29.9. The molecule has 10 nitrogen and oxygen atoms in total. The number of phosphoric acid groups is 1. The smallest absolute Gasteiger partial charge is 0.790 e. The van der Waals surface area contributed by atoms with Gasteiger partial charge < -0.3 is 38.4 Å². The molecule has 37 heavy (non-hydrogen) atoms. The summed E-state index contributed by atoms with van der Waals surface area (Å²) in [7, 11) is -5.17. The fraction of sp³-hybridized carbons (Fsp3) is 0.917. The van der Waals surface area contributed by atoms with Crippen LogP contribution in [0.4, 0.5) is 0 Å². The largest absolute Gasteiger partial charge is 1.00 e. The summed E-state index contributed by atoms with van der Waals surface area (Å²) in [6, 6.07) is 0. The van der Waals surface area contributed by atoms with Crippen molar-refractivity contribution in [3.63, 3.8) is 0 Å². The molecular weight excluding hydrogens is 523 g/mol. The van der Waals surface area contributed by atoms with E-state index >= 15 is 0 Å². The summed E-state index contributed by atoms with van der Waals surface area (Å²) in [5.41, 5.74) is 0. The molecule has 0 aliphatic rings. The zero-order chi connectivity index (χ0) is 26.2. The number of phosphoric ester groups is 1. The molecule has 0 saturated carbocycles. The number of carbonyl (C=O) groups is 2. The van der Waals surface area contributed by atoms with E-state index in [0.717, 1.165) is 64.3 Å². The van der Waals surface area contributed by atoms with Gasteiger partial charge in [-0.2, -0.15) is 0 Å². The Morgan fingerprint density at radius 2 is 1.38 bits per heavy atom. The summed E-state index contributed by atoms with van der Waals surface area (Å²) >= 11 is 0. The average molecular weight is 570 g/mol. The number of unbranched alkanes of at least 4 members (excludes halogenated alkanes) is 11. The van der Waals surface area contributed by atoms with Gasteiger partial charge in [0.25, 0.3) is 0 Å². The van der Waals surface area contributed by atoms with Crippen molar-refractivity contribution >= 4 is 19.7 Å². The summed E-state index contributed by atoms with van der Waals surface area (Å²) in [5.74, 6) is -0.471. The van der Waals surface area contributed by atoms with Gasteiger partial charge in [-0.15, -0.1) is 0 Å². The van der Waals surface area contributed by atoms with Crippen LogP contribution in [0.3, 0.4) is 0 Å². The quantitative estimate of drug-likeness (QED) is 0.0410. The number of ether oxygens (including phenoxy) is 3. The summed E-state index contributed by atoms with van der Waals surface area (Å²) in [6.07, 6.45) is 12.8. The molecular formula is C24H46NNa2O9P. The van der Waals surface area contributed by atoms with Crippen LogP contribution < -0.4 is 74.2 Å². The average Bonchev–Trinajstić information content (AvgIpc) is 2.79. The van der Waals surface area contributed by atoms with E-state index in [9.17, 15) is 23.9 Å². The Balaban J connectivity index is -0.00000578. The van der Waals surface area contributed by atoms with Crippen LogP contribution in [-0.2, 0) is 32.9 Å². The first-order chi connectivity index (χ1) is 16.7. The Hall–Kier alpha value is 0.970. The second-order valence-electron chi connectivity index (χ2n) is 8.73. The normalized spacial score (nSPS) is 11.8. The van der Waals surface area contributed by atoms with Gasteiger partial charge in [0, 0.05) is 26.5 Å². The standard InChI is InChI=1S/C24H48NO9P.2Na/c1-3-4-5-6-7-10-13-16-24(27)34-23(20-33-35(28,29)30)19-32-21-31-18-15-12-9-8-11-14-17-25-22(2)26;;/h23H,3-21H2,1-2H3,(H,25,26)(H2,28,29,30);;/q;2*+1/p-2/t23-;;/m1../s1. The van der Waals surface area contributed by atoms with Crippen LogP contribution in [0.25, 0.3) is 0 Å². The van der Waals surface area contributed by atoms with Crippen LogP contribution in [0.2, 0.25) is 0 Å². The van der Waals surface area contributed by atoms with Crippen molar-refractivity contribution in [1.82, 2.24) is 5.32 Å². The van der Waals surface area contributed by atoms with Crippen molar-refractivity contribution in [1.29, 1.82) is 0 Å². The van der Waals surface area contributed by atoms with E-state index in [1.165, 1.54) is 26.2 Å². The first-order valence-corrected chi connectivity index (χ1v) is 14.5. The van der Waals surface area contributed by atoms with Crippen LogP contribution in [0.5, 0.6) is 0 Å². The maximum absolute atomic E-state index is 12.1. The van der Waals surface area contributed by atoms with E-state index in [-0.39, 0.29) is 84.8 Å². The third-order valence-corrected chi connectivity index (χ3v) is 5.73. The van der Waals surface area contributed by atoms with E-state index in [1.54, 1.807) is 0 Å². The minimum atomic E-state index is -5.17.